The van der Waals surface area contributed by atoms with E-state index in [1.165, 1.54) is 6.08 Å². The van der Waals surface area contributed by atoms with Crippen LogP contribution in [0.25, 0.3) is 0 Å². The first-order valence-corrected chi connectivity index (χ1v) is 7.00. The Hall–Kier alpha value is -1.76. The van der Waals surface area contributed by atoms with Crippen LogP contribution in [0.5, 0.6) is 0 Å². The molecule has 0 aromatic heterocycles. The predicted molar refractivity (Wildman–Crippen MR) is 77.8 cm³/mol. The molecule has 0 aliphatic heterocycles. The second-order valence-corrected chi connectivity index (χ2v) is 4.30. The van der Waals surface area contributed by atoms with Crippen molar-refractivity contribution in [2.75, 3.05) is 13.2 Å². The van der Waals surface area contributed by atoms with Gasteiger partial charge < -0.3 is 9.47 Å². The van der Waals surface area contributed by atoms with Crippen LogP contribution in [0.2, 0.25) is 0 Å². The molecule has 0 aromatic rings. The van der Waals surface area contributed by atoms with Gasteiger partial charge in [0.2, 0.25) is 0 Å². The Morgan fingerprint density at radius 2 is 1.65 bits per heavy atom. The summed E-state index contributed by atoms with van der Waals surface area (Å²) in [5.41, 5.74) is -1.39. The smallest absolute Gasteiger partial charge is 0.324 e. The molecule has 0 aromatic carbocycles. The molecular weight excluding hydrogens is 256 g/mol. The van der Waals surface area contributed by atoms with E-state index in [-0.39, 0.29) is 26.1 Å². The summed E-state index contributed by atoms with van der Waals surface area (Å²) in [5.74, 6) is 4.65. The molecule has 0 bridgehead atoms. The first-order valence-electron chi connectivity index (χ1n) is 7.00. The summed E-state index contributed by atoms with van der Waals surface area (Å²) in [6.45, 7) is 9.44. The third-order valence-corrected chi connectivity index (χ3v) is 2.72. The predicted octanol–water partition coefficient (Wildman–Crippen LogP) is 2.87. The van der Waals surface area contributed by atoms with E-state index in [9.17, 15) is 9.59 Å². The number of unbranched alkanes of at least 4 members (excludes halogenated alkanes) is 1. The largest absolute Gasteiger partial charge is 0.465 e. The van der Waals surface area contributed by atoms with Crippen LogP contribution in [0.3, 0.4) is 0 Å². The molecule has 0 saturated carbocycles. The number of esters is 2. The summed E-state index contributed by atoms with van der Waals surface area (Å²) in [7, 11) is 0. The van der Waals surface area contributed by atoms with Gasteiger partial charge in [0, 0.05) is 12.8 Å². The Kier molecular flexibility index (Phi) is 9.19. The fourth-order valence-corrected chi connectivity index (χ4v) is 1.68. The molecule has 0 amide bonds. The highest BCUT2D eigenvalue weighted by Gasteiger charge is 2.47. The summed E-state index contributed by atoms with van der Waals surface area (Å²) < 4.78 is 10.1. The van der Waals surface area contributed by atoms with E-state index in [1.807, 2.05) is 6.92 Å². The number of hydrogen-bond acceptors (Lipinski definition) is 4. The number of rotatable bonds is 8. The van der Waals surface area contributed by atoms with Gasteiger partial charge in [-0.15, -0.1) is 18.4 Å². The summed E-state index contributed by atoms with van der Waals surface area (Å²) in [6.07, 6.45) is 3.44. The van der Waals surface area contributed by atoms with E-state index < -0.39 is 17.4 Å². The van der Waals surface area contributed by atoms with Crippen LogP contribution in [-0.2, 0) is 19.1 Å². The van der Waals surface area contributed by atoms with Gasteiger partial charge in [-0.2, -0.15) is 0 Å². The molecule has 0 unspecified atom stereocenters. The van der Waals surface area contributed by atoms with Crippen molar-refractivity contribution in [3.63, 3.8) is 0 Å². The van der Waals surface area contributed by atoms with Gasteiger partial charge in [0.05, 0.1) is 13.2 Å². The van der Waals surface area contributed by atoms with Crippen molar-refractivity contribution in [1.82, 2.24) is 0 Å². The normalized spacial score (nSPS) is 10.2. The quantitative estimate of drug-likeness (QED) is 0.297. The van der Waals surface area contributed by atoms with Gasteiger partial charge in [-0.05, 0) is 26.7 Å². The van der Waals surface area contributed by atoms with E-state index in [0.29, 0.717) is 0 Å². The maximum Gasteiger partial charge on any atom is 0.324 e. The van der Waals surface area contributed by atoms with E-state index in [1.54, 1.807) is 13.8 Å². The molecule has 112 valence electrons. The second kappa shape index (κ2) is 10.1. The Morgan fingerprint density at radius 3 is 2.05 bits per heavy atom. The van der Waals surface area contributed by atoms with Crippen molar-refractivity contribution in [2.45, 2.75) is 46.5 Å². The molecule has 0 N–H and O–H groups in total. The van der Waals surface area contributed by atoms with Gasteiger partial charge in [-0.1, -0.05) is 13.0 Å². The summed E-state index contributed by atoms with van der Waals surface area (Å²) in [5, 5.41) is 0. The minimum atomic E-state index is -1.39. The van der Waals surface area contributed by atoms with E-state index in [0.717, 1.165) is 12.8 Å². The third-order valence-electron chi connectivity index (χ3n) is 2.72. The molecule has 4 nitrogen and oxygen atoms in total. The SMILES string of the molecule is C=CCC(CC#CCCC)(C(=O)OCC)C(=O)OCC. The zero-order valence-corrected chi connectivity index (χ0v) is 12.7. The Labute approximate surface area is 121 Å². The topological polar surface area (TPSA) is 52.6 Å². The van der Waals surface area contributed by atoms with Crippen LogP contribution in [0.1, 0.15) is 46.5 Å². The molecule has 4 heteroatoms. The summed E-state index contributed by atoms with van der Waals surface area (Å²) >= 11 is 0. The third kappa shape index (κ3) is 5.08. The van der Waals surface area contributed by atoms with Gasteiger partial charge in [0.15, 0.2) is 5.41 Å². The minimum absolute atomic E-state index is 0.0939. The highest BCUT2D eigenvalue weighted by molar-refractivity contribution is 6.00. The average molecular weight is 280 g/mol. The summed E-state index contributed by atoms with van der Waals surface area (Å²) in [6, 6.07) is 0. The van der Waals surface area contributed by atoms with Crippen molar-refractivity contribution < 1.29 is 19.1 Å². The van der Waals surface area contributed by atoms with Crippen molar-refractivity contribution >= 4 is 11.9 Å². The van der Waals surface area contributed by atoms with Crippen molar-refractivity contribution in [2.24, 2.45) is 5.41 Å². The molecule has 0 radical (unpaired) electrons. The fraction of sp³-hybridized carbons (Fsp3) is 0.625. The molecule has 0 saturated heterocycles. The first-order chi connectivity index (χ1) is 9.58. The van der Waals surface area contributed by atoms with E-state index in [2.05, 4.69) is 18.4 Å². The highest BCUT2D eigenvalue weighted by atomic mass is 16.6. The molecule has 0 aliphatic carbocycles. The lowest BCUT2D eigenvalue weighted by Gasteiger charge is -2.26. The highest BCUT2D eigenvalue weighted by Crippen LogP contribution is 2.31. The van der Waals surface area contributed by atoms with Gasteiger partial charge in [0.1, 0.15) is 0 Å². The first kappa shape index (κ1) is 18.2. The van der Waals surface area contributed by atoms with Crippen LogP contribution in [0.4, 0.5) is 0 Å². The molecule has 0 aliphatic rings. The van der Waals surface area contributed by atoms with Crippen molar-refractivity contribution in [3.8, 4) is 11.8 Å². The van der Waals surface area contributed by atoms with E-state index >= 15 is 0 Å². The number of allylic oxidation sites excluding steroid dienone is 1. The Bertz CT molecular complexity index is 369. The average Bonchev–Trinajstić information content (AvgIpc) is 2.42. The summed E-state index contributed by atoms with van der Waals surface area (Å²) in [4.78, 5) is 24.4. The molecule has 0 fully saturated rings. The monoisotopic (exact) mass is 280 g/mol. The Morgan fingerprint density at radius 1 is 1.10 bits per heavy atom. The van der Waals surface area contributed by atoms with Crippen LogP contribution in [0.15, 0.2) is 12.7 Å². The molecular formula is C16H24O4. The lowest BCUT2D eigenvalue weighted by Crippen LogP contribution is -2.41. The van der Waals surface area contributed by atoms with Gasteiger partial charge >= 0.3 is 11.9 Å². The number of hydrogen-bond donors (Lipinski definition) is 0. The zero-order chi connectivity index (χ0) is 15.4. The van der Waals surface area contributed by atoms with E-state index in [4.69, 9.17) is 9.47 Å². The maximum atomic E-state index is 12.2. The van der Waals surface area contributed by atoms with Gasteiger partial charge in [-0.3, -0.25) is 9.59 Å². The number of carbonyl (C=O) groups is 2. The van der Waals surface area contributed by atoms with Gasteiger partial charge in [0.25, 0.3) is 0 Å². The van der Waals surface area contributed by atoms with Crippen molar-refractivity contribution in [3.05, 3.63) is 12.7 Å². The fourth-order valence-electron chi connectivity index (χ4n) is 1.68. The van der Waals surface area contributed by atoms with Crippen molar-refractivity contribution in [1.29, 1.82) is 0 Å². The molecule has 0 atom stereocenters. The van der Waals surface area contributed by atoms with Gasteiger partial charge in [-0.25, -0.2) is 0 Å². The van der Waals surface area contributed by atoms with Crippen LogP contribution in [-0.4, -0.2) is 25.2 Å². The Balaban J connectivity index is 5.32. The number of carbonyl (C=O) groups excluding carboxylic acids is 2. The molecule has 20 heavy (non-hydrogen) atoms. The zero-order valence-electron chi connectivity index (χ0n) is 12.7. The minimum Gasteiger partial charge on any atom is -0.465 e. The number of ether oxygens (including phenoxy) is 2. The van der Waals surface area contributed by atoms with Crippen LogP contribution < -0.4 is 0 Å². The van der Waals surface area contributed by atoms with Crippen LogP contribution >= 0.6 is 0 Å². The lowest BCUT2D eigenvalue weighted by molar-refractivity contribution is -0.171. The lowest BCUT2D eigenvalue weighted by atomic mass is 9.81. The molecule has 0 heterocycles. The standard InChI is InChI=1S/C16H24O4/c1-5-9-10-11-13-16(12-6-2,14(17)19-7-3)15(18)20-8-4/h6H,2,5,7-9,12-13H2,1,3-4H3. The molecule has 0 rings (SSSR count). The molecule has 0 spiro atoms. The second-order valence-electron chi connectivity index (χ2n) is 4.30. The maximum absolute atomic E-state index is 12.2. The van der Waals surface area contributed by atoms with Crippen LogP contribution in [0, 0.1) is 17.3 Å².